The number of phenols is 1. The zero-order chi connectivity index (χ0) is 11.8. The van der Waals surface area contributed by atoms with E-state index in [1.165, 1.54) is 18.6 Å². The van der Waals surface area contributed by atoms with E-state index < -0.39 is 0 Å². The van der Waals surface area contributed by atoms with Crippen molar-refractivity contribution in [3.63, 3.8) is 0 Å². The minimum absolute atomic E-state index is 0.440. The standard InChI is InChI=1S/C14H22OS/c1-3-13(4-2)16-11-7-9-12-8-5-6-10-14(12)15/h5-6,8,10,13,15H,3-4,7,9,11H2,1-2H3. The summed E-state index contributed by atoms with van der Waals surface area (Å²) in [7, 11) is 0. The van der Waals surface area contributed by atoms with Crippen molar-refractivity contribution >= 4 is 11.8 Å². The summed E-state index contributed by atoms with van der Waals surface area (Å²) in [6.45, 7) is 4.51. The van der Waals surface area contributed by atoms with Crippen LogP contribution in [0.1, 0.15) is 38.7 Å². The summed E-state index contributed by atoms with van der Waals surface area (Å²) in [6, 6.07) is 7.64. The molecule has 1 aromatic rings. The van der Waals surface area contributed by atoms with Crippen LogP contribution in [0.15, 0.2) is 24.3 Å². The van der Waals surface area contributed by atoms with Crippen LogP contribution in [0, 0.1) is 0 Å². The van der Waals surface area contributed by atoms with Crippen molar-refractivity contribution in [2.75, 3.05) is 5.75 Å². The second-order valence-electron chi connectivity index (χ2n) is 4.04. The van der Waals surface area contributed by atoms with Crippen LogP contribution in [0.5, 0.6) is 5.75 Å². The molecule has 1 N–H and O–H groups in total. The van der Waals surface area contributed by atoms with Gasteiger partial charge in [0.25, 0.3) is 0 Å². The maximum Gasteiger partial charge on any atom is 0.118 e. The predicted molar refractivity (Wildman–Crippen MR) is 73.3 cm³/mol. The van der Waals surface area contributed by atoms with Crippen LogP contribution >= 0.6 is 11.8 Å². The molecule has 0 fully saturated rings. The molecule has 0 atom stereocenters. The average molecular weight is 238 g/mol. The third-order valence-electron chi connectivity index (χ3n) is 2.85. The van der Waals surface area contributed by atoms with Crippen molar-refractivity contribution < 1.29 is 5.11 Å². The summed E-state index contributed by atoms with van der Waals surface area (Å²) in [5.74, 6) is 1.63. The fourth-order valence-electron chi connectivity index (χ4n) is 1.76. The lowest BCUT2D eigenvalue weighted by molar-refractivity contribution is 0.467. The molecule has 1 rings (SSSR count). The number of aromatic hydroxyl groups is 1. The molecule has 0 aliphatic heterocycles. The largest absolute Gasteiger partial charge is 0.508 e. The zero-order valence-electron chi connectivity index (χ0n) is 10.3. The fourth-order valence-corrected chi connectivity index (χ4v) is 2.87. The van der Waals surface area contributed by atoms with E-state index in [2.05, 4.69) is 25.6 Å². The molecule has 1 nitrogen and oxygen atoms in total. The lowest BCUT2D eigenvalue weighted by Crippen LogP contribution is -2.00. The predicted octanol–water partition coefficient (Wildman–Crippen LogP) is 4.25. The minimum atomic E-state index is 0.440. The Labute approximate surface area is 103 Å². The first-order chi connectivity index (χ1) is 7.77. The van der Waals surface area contributed by atoms with Gasteiger partial charge in [-0.05, 0) is 43.1 Å². The molecular weight excluding hydrogens is 216 g/mol. The SMILES string of the molecule is CCC(CC)SCCCc1ccccc1O. The van der Waals surface area contributed by atoms with Crippen molar-refractivity contribution in [2.45, 2.75) is 44.8 Å². The zero-order valence-corrected chi connectivity index (χ0v) is 11.1. The summed E-state index contributed by atoms with van der Waals surface area (Å²) in [5, 5.41) is 10.4. The van der Waals surface area contributed by atoms with Gasteiger partial charge in [-0.1, -0.05) is 32.0 Å². The van der Waals surface area contributed by atoms with Crippen LogP contribution in [-0.2, 0) is 6.42 Å². The summed E-state index contributed by atoms with van der Waals surface area (Å²) < 4.78 is 0. The van der Waals surface area contributed by atoms with E-state index in [1.54, 1.807) is 6.07 Å². The summed E-state index contributed by atoms with van der Waals surface area (Å²) >= 11 is 2.07. The second kappa shape index (κ2) is 7.61. The number of aryl methyl sites for hydroxylation is 1. The van der Waals surface area contributed by atoms with Gasteiger partial charge >= 0.3 is 0 Å². The van der Waals surface area contributed by atoms with Crippen molar-refractivity contribution in [3.05, 3.63) is 29.8 Å². The Kier molecular flexibility index (Phi) is 6.39. The van der Waals surface area contributed by atoms with E-state index in [4.69, 9.17) is 0 Å². The van der Waals surface area contributed by atoms with Gasteiger partial charge < -0.3 is 5.11 Å². The minimum Gasteiger partial charge on any atom is -0.508 e. The molecule has 0 heterocycles. The highest BCUT2D eigenvalue weighted by Crippen LogP contribution is 2.21. The van der Waals surface area contributed by atoms with Crippen LogP contribution < -0.4 is 0 Å². The van der Waals surface area contributed by atoms with E-state index in [1.807, 2.05) is 18.2 Å². The first kappa shape index (κ1) is 13.4. The Bertz CT molecular complexity index is 295. The lowest BCUT2D eigenvalue weighted by atomic mass is 10.1. The number of thioether (sulfide) groups is 1. The van der Waals surface area contributed by atoms with Crippen molar-refractivity contribution in [1.29, 1.82) is 0 Å². The Morgan fingerprint density at radius 3 is 2.50 bits per heavy atom. The first-order valence-corrected chi connectivity index (χ1v) is 7.21. The molecule has 1 aromatic carbocycles. The van der Waals surface area contributed by atoms with E-state index >= 15 is 0 Å². The van der Waals surface area contributed by atoms with Gasteiger partial charge in [0.05, 0.1) is 0 Å². The fraction of sp³-hybridized carbons (Fsp3) is 0.571. The molecule has 0 amide bonds. The second-order valence-corrected chi connectivity index (χ2v) is 5.45. The van der Waals surface area contributed by atoms with Crippen LogP contribution in [0.4, 0.5) is 0 Å². The van der Waals surface area contributed by atoms with Gasteiger partial charge in [-0.2, -0.15) is 11.8 Å². The molecule has 0 unspecified atom stereocenters. The number of hydrogen-bond donors (Lipinski definition) is 1. The van der Waals surface area contributed by atoms with Crippen LogP contribution in [0.2, 0.25) is 0 Å². The quantitative estimate of drug-likeness (QED) is 0.717. The molecule has 0 aliphatic rings. The van der Waals surface area contributed by atoms with Crippen LogP contribution in [0.25, 0.3) is 0 Å². The monoisotopic (exact) mass is 238 g/mol. The van der Waals surface area contributed by atoms with Gasteiger partial charge in [-0.15, -0.1) is 0 Å². The van der Waals surface area contributed by atoms with Gasteiger partial charge in [0.1, 0.15) is 5.75 Å². The maximum absolute atomic E-state index is 9.60. The number of phenolic OH excluding ortho intramolecular Hbond substituents is 1. The topological polar surface area (TPSA) is 20.2 Å². The average Bonchev–Trinajstić information content (AvgIpc) is 2.31. The summed E-state index contributed by atoms with van der Waals surface area (Å²) in [4.78, 5) is 0. The number of rotatable bonds is 7. The number of para-hydroxylation sites is 1. The van der Waals surface area contributed by atoms with Crippen molar-refractivity contribution in [1.82, 2.24) is 0 Å². The highest BCUT2D eigenvalue weighted by atomic mass is 32.2. The van der Waals surface area contributed by atoms with E-state index in [0.717, 1.165) is 23.7 Å². The van der Waals surface area contributed by atoms with E-state index in [0.29, 0.717) is 5.75 Å². The number of benzene rings is 1. The van der Waals surface area contributed by atoms with E-state index in [-0.39, 0.29) is 0 Å². The van der Waals surface area contributed by atoms with Gasteiger partial charge in [-0.25, -0.2) is 0 Å². The van der Waals surface area contributed by atoms with Gasteiger partial charge in [-0.3, -0.25) is 0 Å². The van der Waals surface area contributed by atoms with Crippen molar-refractivity contribution in [2.24, 2.45) is 0 Å². The summed E-state index contributed by atoms with van der Waals surface area (Å²) in [5.41, 5.74) is 1.08. The van der Waals surface area contributed by atoms with Gasteiger partial charge in [0, 0.05) is 5.25 Å². The first-order valence-electron chi connectivity index (χ1n) is 6.16. The molecule has 0 saturated carbocycles. The highest BCUT2D eigenvalue weighted by Gasteiger charge is 2.04. The molecule has 16 heavy (non-hydrogen) atoms. The Hall–Kier alpha value is -0.630. The van der Waals surface area contributed by atoms with Gasteiger partial charge in [0.15, 0.2) is 0 Å². The molecule has 0 radical (unpaired) electrons. The molecule has 0 saturated heterocycles. The summed E-state index contributed by atoms with van der Waals surface area (Å²) in [6.07, 6.45) is 4.66. The normalized spacial score (nSPS) is 10.9. The smallest absolute Gasteiger partial charge is 0.118 e. The number of hydrogen-bond acceptors (Lipinski definition) is 2. The molecule has 90 valence electrons. The van der Waals surface area contributed by atoms with E-state index in [9.17, 15) is 5.11 Å². The lowest BCUT2D eigenvalue weighted by Gasteiger charge is -2.11. The molecule has 0 spiro atoms. The van der Waals surface area contributed by atoms with Crippen molar-refractivity contribution in [3.8, 4) is 5.75 Å². The molecular formula is C14H22OS. The van der Waals surface area contributed by atoms with Crippen LogP contribution in [0.3, 0.4) is 0 Å². The maximum atomic E-state index is 9.60. The third-order valence-corrected chi connectivity index (χ3v) is 4.51. The third kappa shape index (κ3) is 4.48. The molecule has 0 bridgehead atoms. The molecule has 0 aliphatic carbocycles. The van der Waals surface area contributed by atoms with Gasteiger partial charge in [0.2, 0.25) is 0 Å². The molecule has 0 aromatic heterocycles. The highest BCUT2D eigenvalue weighted by molar-refractivity contribution is 7.99. The molecule has 2 heteroatoms. The van der Waals surface area contributed by atoms with Crippen LogP contribution in [-0.4, -0.2) is 16.1 Å². The Morgan fingerprint density at radius 2 is 1.88 bits per heavy atom. The Balaban J connectivity index is 2.23. The Morgan fingerprint density at radius 1 is 1.19 bits per heavy atom.